The first-order valence-corrected chi connectivity index (χ1v) is 8.10. The fraction of sp³-hybridized carbons (Fsp3) is 0.389. The predicted octanol–water partition coefficient (Wildman–Crippen LogP) is 2.41. The molecule has 2 heterocycles. The van der Waals surface area contributed by atoms with Gasteiger partial charge in [-0.2, -0.15) is 0 Å². The first kappa shape index (κ1) is 16.5. The molecule has 3 rings (SSSR count). The van der Waals surface area contributed by atoms with Crippen molar-refractivity contribution in [1.29, 1.82) is 0 Å². The highest BCUT2D eigenvalue weighted by atomic mass is 16.6. The number of morpholine rings is 1. The Morgan fingerprint density at radius 2 is 2.12 bits per heavy atom. The van der Waals surface area contributed by atoms with Gasteiger partial charge in [0.15, 0.2) is 0 Å². The second-order valence-electron chi connectivity index (χ2n) is 5.74. The molecule has 0 saturated carbocycles. The smallest absolute Gasteiger partial charge is 0.410 e. The molecule has 1 aliphatic heterocycles. The summed E-state index contributed by atoms with van der Waals surface area (Å²) in [6, 6.07) is 11.6. The van der Waals surface area contributed by atoms with Crippen LogP contribution in [0.2, 0.25) is 0 Å². The zero-order valence-corrected chi connectivity index (χ0v) is 13.5. The molecule has 1 aromatic heterocycles. The van der Waals surface area contributed by atoms with Crippen LogP contribution in [0.15, 0.2) is 53.3 Å². The van der Waals surface area contributed by atoms with Crippen LogP contribution in [0.25, 0.3) is 0 Å². The second kappa shape index (κ2) is 8.52. The van der Waals surface area contributed by atoms with Gasteiger partial charge in [0.05, 0.1) is 31.8 Å². The van der Waals surface area contributed by atoms with E-state index in [1.807, 2.05) is 36.4 Å². The van der Waals surface area contributed by atoms with Crippen LogP contribution < -0.4 is 5.32 Å². The highest BCUT2D eigenvalue weighted by Gasteiger charge is 2.25. The molecule has 1 fully saturated rings. The van der Waals surface area contributed by atoms with Crippen molar-refractivity contribution in [3.05, 3.63) is 60.1 Å². The van der Waals surface area contributed by atoms with Crippen molar-refractivity contribution in [3.8, 4) is 0 Å². The molecule has 128 valence electrons. The molecular weight excluding hydrogens is 308 g/mol. The number of hydrogen-bond acceptors (Lipinski definition) is 5. The van der Waals surface area contributed by atoms with E-state index in [0.717, 1.165) is 17.7 Å². The summed E-state index contributed by atoms with van der Waals surface area (Å²) in [7, 11) is 0. The van der Waals surface area contributed by atoms with Crippen molar-refractivity contribution >= 4 is 6.09 Å². The van der Waals surface area contributed by atoms with Gasteiger partial charge in [-0.15, -0.1) is 0 Å². The molecule has 6 heteroatoms. The number of nitrogens with one attached hydrogen (secondary N) is 1. The summed E-state index contributed by atoms with van der Waals surface area (Å²) in [6.45, 7) is 3.30. The van der Waals surface area contributed by atoms with Crippen molar-refractivity contribution in [2.75, 3.05) is 26.2 Å². The van der Waals surface area contributed by atoms with Gasteiger partial charge in [0.25, 0.3) is 0 Å². The van der Waals surface area contributed by atoms with Crippen molar-refractivity contribution in [1.82, 2.24) is 10.2 Å². The van der Waals surface area contributed by atoms with E-state index in [0.29, 0.717) is 32.8 Å². The lowest BCUT2D eigenvalue weighted by Gasteiger charge is -2.32. The van der Waals surface area contributed by atoms with E-state index in [1.165, 1.54) is 0 Å². The minimum atomic E-state index is -0.290. The Hall–Kier alpha value is -2.31. The Labute approximate surface area is 141 Å². The summed E-state index contributed by atoms with van der Waals surface area (Å²) < 4.78 is 16.1. The van der Waals surface area contributed by atoms with Gasteiger partial charge in [-0.25, -0.2) is 4.79 Å². The molecule has 1 aliphatic rings. The molecule has 0 spiro atoms. The van der Waals surface area contributed by atoms with E-state index < -0.39 is 0 Å². The van der Waals surface area contributed by atoms with Gasteiger partial charge in [0.1, 0.15) is 6.61 Å². The monoisotopic (exact) mass is 330 g/mol. The van der Waals surface area contributed by atoms with E-state index in [4.69, 9.17) is 13.9 Å². The van der Waals surface area contributed by atoms with Gasteiger partial charge in [0.2, 0.25) is 0 Å². The average Bonchev–Trinajstić information content (AvgIpc) is 3.14. The van der Waals surface area contributed by atoms with E-state index in [9.17, 15) is 4.79 Å². The van der Waals surface area contributed by atoms with Crippen LogP contribution >= 0.6 is 0 Å². The molecule has 0 bridgehead atoms. The third kappa shape index (κ3) is 4.84. The number of rotatable bonds is 6. The van der Waals surface area contributed by atoms with Crippen LogP contribution in [-0.4, -0.2) is 43.3 Å². The fourth-order valence-electron chi connectivity index (χ4n) is 2.59. The summed E-state index contributed by atoms with van der Waals surface area (Å²) in [4.78, 5) is 13.9. The molecule has 0 radical (unpaired) electrons. The Kier molecular flexibility index (Phi) is 5.87. The normalized spacial score (nSPS) is 17.7. The number of ether oxygens (including phenoxy) is 2. The summed E-state index contributed by atoms with van der Waals surface area (Å²) in [5.41, 5.74) is 2.07. The Morgan fingerprint density at radius 3 is 2.92 bits per heavy atom. The van der Waals surface area contributed by atoms with E-state index in [2.05, 4.69) is 5.32 Å². The zero-order chi connectivity index (χ0) is 16.6. The molecule has 1 unspecified atom stereocenters. The van der Waals surface area contributed by atoms with Gasteiger partial charge in [0, 0.05) is 25.2 Å². The summed E-state index contributed by atoms with van der Waals surface area (Å²) in [6.07, 6.45) is 3.04. The Bertz CT molecular complexity index is 615. The number of hydrogen-bond donors (Lipinski definition) is 1. The number of carbonyl (C=O) groups is 1. The SMILES string of the molecule is O=C(OCc1ccccc1)N1CCOC(CNCc2ccoc2)C1. The van der Waals surface area contributed by atoms with Gasteiger partial charge in [-0.05, 0) is 11.6 Å². The van der Waals surface area contributed by atoms with E-state index in [1.54, 1.807) is 17.4 Å². The van der Waals surface area contributed by atoms with Crippen molar-refractivity contribution in [2.45, 2.75) is 19.3 Å². The largest absolute Gasteiger partial charge is 0.472 e. The lowest BCUT2D eigenvalue weighted by atomic mass is 10.2. The fourth-order valence-corrected chi connectivity index (χ4v) is 2.59. The minimum Gasteiger partial charge on any atom is -0.472 e. The first-order chi connectivity index (χ1) is 11.8. The van der Waals surface area contributed by atoms with Gasteiger partial charge in [-0.1, -0.05) is 30.3 Å². The maximum atomic E-state index is 12.2. The predicted molar refractivity (Wildman–Crippen MR) is 88.4 cm³/mol. The number of furan rings is 1. The molecule has 0 aliphatic carbocycles. The minimum absolute atomic E-state index is 0.0325. The molecule has 6 nitrogen and oxygen atoms in total. The summed E-state index contributed by atoms with van der Waals surface area (Å²) >= 11 is 0. The number of carbonyl (C=O) groups excluding carboxylic acids is 1. The summed E-state index contributed by atoms with van der Waals surface area (Å²) in [5.74, 6) is 0. The van der Waals surface area contributed by atoms with Gasteiger partial charge in [-0.3, -0.25) is 0 Å². The molecule has 1 saturated heterocycles. The Morgan fingerprint density at radius 1 is 1.25 bits per heavy atom. The van der Waals surface area contributed by atoms with Crippen LogP contribution in [0.1, 0.15) is 11.1 Å². The van der Waals surface area contributed by atoms with Gasteiger partial charge < -0.3 is 24.1 Å². The average molecular weight is 330 g/mol. The lowest BCUT2D eigenvalue weighted by Crippen LogP contribution is -2.49. The van der Waals surface area contributed by atoms with Gasteiger partial charge >= 0.3 is 6.09 Å². The molecule has 1 aromatic carbocycles. The number of amides is 1. The third-order valence-electron chi connectivity index (χ3n) is 3.88. The first-order valence-electron chi connectivity index (χ1n) is 8.10. The second-order valence-corrected chi connectivity index (χ2v) is 5.74. The van der Waals surface area contributed by atoms with Crippen LogP contribution in [0, 0.1) is 0 Å². The number of benzene rings is 1. The van der Waals surface area contributed by atoms with Crippen LogP contribution in [0.5, 0.6) is 0 Å². The Balaban J connectivity index is 1.40. The highest BCUT2D eigenvalue weighted by molar-refractivity contribution is 5.67. The van der Waals surface area contributed by atoms with Crippen molar-refractivity contribution in [3.63, 3.8) is 0 Å². The molecule has 1 atom stereocenters. The quantitative estimate of drug-likeness (QED) is 0.881. The maximum Gasteiger partial charge on any atom is 0.410 e. The molecule has 1 N–H and O–H groups in total. The number of nitrogens with zero attached hydrogens (tertiary/aromatic N) is 1. The van der Waals surface area contributed by atoms with E-state index >= 15 is 0 Å². The molecular formula is C18H22N2O4. The lowest BCUT2D eigenvalue weighted by molar-refractivity contribution is -0.0271. The molecule has 2 aromatic rings. The molecule has 24 heavy (non-hydrogen) atoms. The van der Waals surface area contributed by atoms with Crippen molar-refractivity contribution in [2.24, 2.45) is 0 Å². The van der Waals surface area contributed by atoms with Crippen LogP contribution in [0.4, 0.5) is 4.79 Å². The summed E-state index contributed by atoms with van der Waals surface area (Å²) in [5, 5.41) is 3.31. The highest BCUT2D eigenvalue weighted by Crippen LogP contribution is 2.09. The third-order valence-corrected chi connectivity index (χ3v) is 3.88. The molecule has 1 amide bonds. The topological polar surface area (TPSA) is 63.9 Å². The zero-order valence-electron chi connectivity index (χ0n) is 13.5. The van der Waals surface area contributed by atoms with Crippen molar-refractivity contribution < 1.29 is 18.7 Å². The van der Waals surface area contributed by atoms with E-state index in [-0.39, 0.29) is 12.2 Å². The maximum absolute atomic E-state index is 12.2. The van der Waals surface area contributed by atoms with Crippen LogP contribution in [-0.2, 0) is 22.6 Å². The standard InChI is InChI=1S/C18H22N2O4/c21-18(24-14-15-4-2-1-3-5-15)20-7-9-23-17(12-20)11-19-10-16-6-8-22-13-16/h1-6,8,13,17,19H,7,9-12,14H2. The van der Waals surface area contributed by atoms with Crippen LogP contribution in [0.3, 0.4) is 0 Å².